The van der Waals surface area contributed by atoms with E-state index in [1.165, 1.54) is 0 Å². The van der Waals surface area contributed by atoms with Gasteiger partial charge in [0.15, 0.2) is 0 Å². The highest BCUT2D eigenvalue weighted by molar-refractivity contribution is 6.03. The molecule has 1 aliphatic carbocycles. The topological polar surface area (TPSA) is 82.0 Å². The lowest BCUT2D eigenvalue weighted by Gasteiger charge is -2.13. The fourth-order valence-corrected chi connectivity index (χ4v) is 3.50. The molecule has 4 bridgehead atoms. The Labute approximate surface area is 137 Å². The molecule has 1 heterocycles. The highest BCUT2D eigenvalue weighted by atomic mass is 16.3. The van der Waals surface area contributed by atoms with Crippen molar-refractivity contribution in [2.75, 3.05) is 0 Å². The fourth-order valence-electron chi connectivity index (χ4n) is 3.50. The van der Waals surface area contributed by atoms with Crippen LogP contribution >= 0.6 is 0 Å². The molecular weight excluding hydrogens is 302 g/mol. The summed E-state index contributed by atoms with van der Waals surface area (Å²) < 4.78 is 0. The van der Waals surface area contributed by atoms with Gasteiger partial charge in [-0.2, -0.15) is 15.4 Å². The van der Waals surface area contributed by atoms with E-state index >= 15 is 0 Å². The van der Waals surface area contributed by atoms with Crippen molar-refractivity contribution in [2.45, 2.75) is 6.42 Å². The lowest BCUT2D eigenvalue weighted by atomic mass is 9.92. The van der Waals surface area contributed by atoms with Gasteiger partial charge in [-0.3, -0.25) is 0 Å². The standard InChI is InChI=1S/C19H13N3O2/c23-18-10-3-1-5-13(18)12-7-8-15-17(21-22-20-15)16(12)14-6-2-4-11(9-10)19(14)24/h1-8,23-24H,9H2,(H,20,21,22). The quantitative estimate of drug-likeness (QED) is 0.408. The molecule has 0 saturated heterocycles. The molecule has 5 nitrogen and oxygen atoms in total. The summed E-state index contributed by atoms with van der Waals surface area (Å²) >= 11 is 0. The highest BCUT2D eigenvalue weighted by Crippen LogP contribution is 2.46. The van der Waals surface area contributed by atoms with Gasteiger partial charge in [0.2, 0.25) is 0 Å². The second-order valence-electron chi connectivity index (χ2n) is 5.98. The molecule has 5 heteroatoms. The minimum Gasteiger partial charge on any atom is -0.507 e. The number of nitrogens with zero attached hydrogens (tertiary/aromatic N) is 2. The second-order valence-corrected chi connectivity index (χ2v) is 5.98. The predicted molar refractivity (Wildman–Crippen MR) is 90.9 cm³/mol. The molecule has 1 aliphatic rings. The fraction of sp³-hybridized carbons (Fsp3) is 0.0526. The molecule has 0 atom stereocenters. The predicted octanol–water partition coefficient (Wildman–Crippen LogP) is 3.61. The van der Waals surface area contributed by atoms with Crippen molar-refractivity contribution in [3.8, 4) is 33.8 Å². The first-order valence-electron chi connectivity index (χ1n) is 7.70. The maximum atomic E-state index is 10.8. The number of phenols is 2. The first kappa shape index (κ1) is 13.1. The molecule has 3 N–H and O–H groups in total. The average molecular weight is 315 g/mol. The van der Waals surface area contributed by atoms with Crippen LogP contribution in [0.5, 0.6) is 11.5 Å². The number of H-pyrrole nitrogens is 1. The van der Waals surface area contributed by atoms with Crippen LogP contribution in [0.3, 0.4) is 0 Å². The maximum Gasteiger partial charge on any atom is 0.127 e. The monoisotopic (exact) mass is 315 g/mol. The molecule has 4 aromatic rings. The Morgan fingerprint density at radius 3 is 2.25 bits per heavy atom. The molecule has 116 valence electrons. The van der Waals surface area contributed by atoms with Gasteiger partial charge in [-0.1, -0.05) is 42.5 Å². The van der Waals surface area contributed by atoms with E-state index in [0.717, 1.165) is 27.8 Å². The van der Waals surface area contributed by atoms with Gasteiger partial charge in [0.05, 0.1) is 0 Å². The van der Waals surface area contributed by atoms with Gasteiger partial charge in [0, 0.05) is 23.1 Å². The molecule has 0 unspecified atom stereocenters. The Morgan fingerprint density at radius 2 is 1.46 bits per heavy atom. The average Bonchev–Trinajstić information content (AvgIpc) is 3.06. The van der Waals surface area contributed by atoms with Gasteiger partial charge in [0.25, 0.3) is 0 Å². The van der Waals surface area contributed by atoms with E-state index in [2.05, 4.69) is 15.4 Å². The number of phenolic OH excluding ortho intramolecular Hbond substituents is 2. The van der Waals surface area contributed by atoms with Crippen LogP contribution in [-0.2, 0) is 6.42 Å². The second kappa shape index (κ2) is 4.58. The SMILES string of the molecule is Oc1c2cccc1-c1ccc3n[nH]nc3c1-c1cccc(c1O)C2. The summed E-state index contributed by atoms with van der Waals surface area (Å²) in [6.07, 6.45) is 0.468. The third kappa shape index (κ3) is 1.64. The molecule has 0 radical (unpaired) electrons. The van der Waals surface area contributed by atoms with Crippen molar-refractivity contribution in [1.82, 2.24) is 15.4 Å². The minimum absolute atomic E-state index is 0.219. The van der Waals surface area contributed by atoms with E-state index < -0.39 is 0 Å². The highest BCUT2D eigenvalue weighted by Gasteiger charge is 2.23. The van der Waals surface area contributed by atoms with E-state index in [1.807, 2.05) is 48.5 Å². The summed E-state index contributed by atoms with van der Waals surface area (Å²) in [5, 5.41) is 32.6. The molecule has 0 saturated carbocycles. The van der Waals surface area contributed by atoms with Crippen LogP contribution in [0.25, 0.3) is 33.3 Å². The van der Waals surface area contributed by atoms with E-state index in [4.69, 9.17) is 0 Å². The number of hydrogen-bond acceptors (Lipinski definition) is 4. The number of para-hydroxylation sites is 2. The Balaban J connectivity index is 2.04. The zero-order valence-corrected chi connectivity index (χ0v) is 12.6. The van der Waals surface area contributed by atoms with Crippen LogP contribution in [0, 0.1) is 0 Å². The van der Waals surface area contributed by atoms with Crippen LogP contribution in [0.1, 0.15) is 11.1 Å². The van der Waals surface area contributed by atoms with Gasteiger partial charge in [-0.05, 0) is 22.8 Å². The third-order valence-electron chi connectivity index (χ3n) is 4.67. The smallest absolute Gasteiger partial charge is 0.127 e. The first-order valence-corrected chi connectivity index (χ1v) is 7.70. The lowest BCUT2D eigenvalue weighted by Crippen LogP contribution is -1.90. The van der Waals surface area contributed by atoms with Crippen molar-refractivity contribution >= 4 is 11.0 Å². The molecular formula is C19H13N3O2. The number of benzene rings is 3. The van der Waals surface area contributed by atoms with E-state index in [9.17, 15) is 10.2 Å². The number of fused-ring (bicyclic) bond motifs is 9. The van der Waals surface area contributed by atoms with E-state index in [1.54, 1.807) is 0 Å². The third-order valence-corrected chi connectivity index (χ3v) is 4.67. The van der Waals surface area contributed by atoms with Gasteiger partial charge < -0.3 is 10.2 Å². The number of nitrogens with one attached hydrogen (secondary N) is 1. The Morgan fingerprint density at radius 1 is 0.750 bits per heavy atom. The molecule has 0 amide bonds. The zero-order chi connectivity index (χ0) is 16.3. The normalized spacial score (nSPS) is 12.3. The number of rotatable bonds is 0. The van der Waals surface area contributed by atoms with Gasteiger partial charge >= 0.3 is 0 Å². The first-order chi connectivity index (χ1) is 11.7. The summed E-state index contributed by atoms with van der Waals surface area (Å²) in [5.74, 6) is 0.458. The molecule has 1 aromatic heterocycles. The van der Waals surface area contributed by atoms with Crippen LogP contribution in [0.15, 0.2) is 48.5 Å². The summed E-state index contributed by atoms with van der Waals surface area (Å²) in [5.41, 5.74) is 5.97. The number of hydrogen-bond donors (Lipinski definition) is 3. The van der Waals surface area contributed by atoms with Gasteiger partial charge in [0.1, 0.15) is 22.5 Å². The van der Waals surface area contributed by atoms with Crippen LogP contribution < -0.4 is 0 Å². The summed E-state index contributed by atoms with van der Waals surface area (Å²) in [4.78, 5) is 0. The number of aromatic nitrogens is 3. The molecule has 3 aromatic carbocycles. The van der Waals surface area contributed by atoms with Gasteiger partial charge in [-0.25, -0.2) is 0 Å². The molecule has 0 aliphatic heterocycles. The van der Waals surface area contributed by atoms with E-state index in [0.29, 0.717) is 23.0 Å². The molecule has 0 fully saturated rings. The van der Waals surface area contributed by atoms with Crippen LogP contribution in [-0.4, -0.2) is 25.6 Å². The summed E-state index contributed by atoms with van der Waals surface area (Å²) in [6.45, 7) is 0. The minimum atomic E-state index is 0.219. The molecule has 24 heavy (non-hydrogen) atoms. The van der Waals surface area contributed by atoms with Crippen molar-refractivity contribution in [3.05, 3.63) is 59.7 Å². The van der Waals surface area contributed by atoms with Crippen molar-refractivity contribution in [2.24, 2.45) is 0 Å². The van der Waals surface area contributed by atoms with Crippen molar-refractivity contribution in [1.29, 1.82) is 0 Å². The van der Waals surface area contributed by atoms with E-state index in [-0.39, 0.29) is 11.5 Å². The lowest BCUT2D eigenvalue weighted by molar-refractivity contribution is 0.466. The Bertz CT molecular complexity index is 1120. The van der Waals surface area contributed by atoms with Crippen molar-refractivity contribution < 1.29 is 10.2 Å². The van der Waals surface area contributed by atoms with Crippen molar-refractivity contribution in [3.63, 3.8) is 0 Å². The summed E-state index contributed by atoms with van der Waals surface area (Å²) in [7, 11) is 0. The maximum absolute atomic E-state index is 10.8. The van der Waals surface area contributed by atoms with Crippen LogP contribution in [0.2, 0.25) is 0 Å². The number of aromatic hydroxyl groups is 2. The zero-order valence-electron chi connectivity index (χ0n) is 12.6. The van der Waals surface area contributed by atoms with Crippen LogP contribution in [0.4, 0.5) is 0 Å². The molecule has 0 spiro atoms. The summed E-state index contributed by atoms with van der Waals surface area (Å²) in [6, 6.07) is 15.1. The van der Waals surface area contributed by atoms with Gasteiger partial charge in [-0.15, -0.1) is 0 Å². The Hall–Kier alpha value is -3.34. The Kier molecular flexibility index (Phi) is 2.51. The molecule has 5 rings (SSSR count). The number of aromatic amines is 1. The largest absolute Gasteiger partial charge is 0.507 e.